The van der Waals surface area contributed by atoms with Gasteiger partial charge in [-0.15, -0.1) is 0 Å². The molecule has 0 aliphatic carbocycles. The maximum Gasteiger partial charge on any atom is 0.229 e. The van der Waals surface area contributed by atoms with Crippen LogP contribution in [-0.4, -0.2) is 23.3 Å². The van der Waals surface area contributed by atoms with E-state index >= 15 is 0 Å². The average molecular weight is 197 g/mol. The number of hydrogen-bond acceptors (Lipinski definition) is 2. The number of hydrogen-bond donors (Lipinski definition) is 0. The van der Waals surface area contributed by atoms with Crippen molar-refractivity contribution in [1.29, 1.82) is 0 Å². The van der Waals surface area contributed by atoms with Crippen LogP contribution < -0.4 is 0 Å². The summed E-state index contributed by atoms with van der Waals surface area (Å²) < 4.78 is 0. The largest absolute Gasteiger partial charge is 0.283 e. The summed E-state index contributed by atoms with van der Waals surface area (Å²) >= 11 is 0. The van der Waals surface area contributed by atoms with Crippen molar-refractivity contribution in [3.05, 3.63) is 0 Å². The quantitative estimate of drug-likeness (QED) is 0.645. The van der Waals surface area contributed by atoms with Crippen molar-refractivity contribution >= 4 is 11.8 Å². The van der Waals surface area contributed by atoms with E-state index in [1.54, 1.807) is 0 Å². The molecule has 1 aliphatic heterocycles. The number of carbonyl (C=O) groups excluding carboxylic acids is 2. The van der Waals surface area contributed by atoms with Gasteiger partial charge in [0.1, 0.15) is 0 Å². The maximum absolute atomic E-state index is 11.6. The van der Waals surface area contributed by atoms with Gasteiger partial charge in [0.15, 0.2) is 0 Å². The first kappa shape index (κ1) is 11.2. The van der Waals surface area contributed by atoms with E-state index in [1.165, 1.54) is 11.3 Å². The Labute approximate surface area is 85.5 Å². The molecule has 0 aromatic rings. The lowest BCUT2D eigenvalue weighted by Gasteiger charge is -2.19. The number of rotatable bonds is 1. The van der Waals surface area contributed by atoms with Crippen molar-refractivity contribution in [2.45, 2.75) is 51.9 Å². The SMILES string of the molecule is CCC(=O)N1CCCCCCCC1=O. The number of amides is 2. The Morgan fingerprint density at radius 3 is 2.57 bits per heavy atom. The smallest absolute Gasteiger partial charge is 0.229 e. The summed E-state index contributed by atoms with van der Waals surface area (Å²) in [6, 6.07) is 0. The van der Waals surface area contributed by atoms with Gasteiger partial charge in [-0.1, -0.05) is 26.2 Å². The molecule has 2 amide bonds. The molecule has 0 bridgehead atoms. The molecule has 1 aliphatic rings. The van der Waals surface area contributed by atoms with E-state index < -0.39 is 0 Å². The normalized spacial score (nSPS) is 19.8. The van der Waals surface area contributed by atoms with Gasteiger partial charge in [-0.05, 0) is 12.8 Å². The molecule has 1 fully saturated rings. The Balaban J connectivity index is 2.57. The van der Waals surface area contributed by atoms with Crippen molar-refractivity contribution < 1.29 is 9.59 Å². The minimum Gasteiger partial charge on any atom is -0.283 e. The lowest BCUT2D eigenvalue weighted by atomic mass is 10.1. The van der Waals surface area contributed by atoms with Crippen molar-refractivity contribution in [2.75, 3.05) is 6.54 Å². The fourth-order valence-electron chi connectivity index (χ4n) is 1.79. The van der Waals surface area contributed by atoms with E-state index in [0.29, 0.717) is 19.4 Å². The molecule has 80 valence electrons. The number of nitrogens with zero attached hydrogens (tertiary/aromatic N) is 1. The molecular weight excluding hydrogens is 178 g/mol. The fraction of sp³-hybridized carbons (Fsp3) is 0.818. The Bertz CT molecular complexity index is 213. The molecule has 0 atom stereocenters. The lowest BCUT2D eigenvalue weighted by Crippen LogP contribution is -2.36. The molecule has 3 heteroatoms. The highest BCUT2D eigenvalue weighted by molar-refractivity contribution is 5.95. The molecule has 14 heavy (non-hydrogen) atoms. The van der Waals surface area contributed by atoms with Gasteiger partial charge in [0, 0.05) is 19.4 Å². The molecule has 3 nitrogen and oxygen atoms in total. The Morgan fingerprint density at radius 1 is 1.21 bits per heavy atom. The van der Waals surface area contributed by atoms with E-state index in [4.69, 9.17) is 0 Å². The monoisotopic (exact) mass is 197 g/mol. The minimum absolute atomic E-state index is 0.0168. The highest BCUT2D eigenvalue weighted by atomic mass is 16.2. The molecule has 0 radical (unpaired) electrons. The molecule has 0 N–H and O–H groups in total. The van der Waals surface area contributed by atoms with Crippen LogP contribution in [0.2, 0.25) is 0 Å². The highest BCUT2D eigenvalue weighted by Gasteiger charge is 2.19. The van der Waals surface area contributed by atoms with Crippen molar-refractivity contribution in [3.63, 3.8) is 0 Å². The van der Waals surface area contributed by atoms with E-state index in [-0.39, 0.29) is 11.8 Å². The predicted molar refractivity (Wildman–Crippen MR) is 54.7 cm³/mol. The van der Waals surface area contributed by atoms with Crippen LogP contribution in [0.25, 0.3) is 0 Å². The van der Waals surface area contributed by atoms with Crippen LogP contribution in [0.3, 0.4) is 0 Å². The molecule has 0 saturated carbocycles. The van der Waals surface area contributed by atoms with E-state index in [0.717, 1.165) is 25.7 Å². The molecule has 1 rings (SSSR count). The van der Waals surface area contributed by atoms with Crippen LogP contribution >= 0.6 is 0 Å². The zero-order valence-electron chi connectivity index (χ0n) is 8.92. The molecule has 0 aromatic carbocycles. The van der Waals surface area contributed by atoms with Gasteiger partial charge in [-0.3, -0.25) is 14.5 Å². The average Bonchev–Trinajstić information content (AvgIpc) is 2.29. The third-order valence-corrected chi connectivity index (χ3v) is 2.68. The number of imide groups is 1. The van der Waals surface area contributed by atoms with E-state index in [2.05, 4.69) is 0 Å². The summed E-state index contributed by atoms with van der Waals surface area (Å²) in [6.07, 6.45) is 6.35. The van der Waals surface area contributed by atoms with Gasteiger partial charge in [0.05, 0.1) is 0 Å². The van der Waals surface area contributed by atoms with Gasteiger partial charge >= 0.3 is 0 Å². The van der Waals surface area contributed by atoms with Gasteiger partial charge in [-0.2, -0.15) is 0 Å². The second-order valence-electron chi connectivity index (χ2n) is 3.81. The van der Waals surface area contributed by atoms with Crippen LogP contribution in [0, 0.1) is 0 Å². The number of carbonyl (C=O) groups is 2. The van der Waals surface area contributed by atoms with Gasteiger partial charge in [0.25, 0.3) is 0 Å². The van der Waals surface area contributed by atoms with Gasteiger partial charge < -0.3 is 0 Å². The minimum atomic E-state index is -0.0168. The zero-order valence-corrected chi connectivity index (χ0v) is 8.92. The van der Waals surface area contributed by atoms with Crippen LogP contribution in [-0.2, 0) is 9.59 Å². The first-order chi connectivity index (χ1) is 6.75. The van der Waals surface area contributed by atoms with E-state index in [9.17, 15) is 9.59 Å². The van der Waals surface area contributed by atoms with E-state index in [1.807, 2.05) is 6.92 Å². The summed E-state index contributed by atoms with van der Waals surface area (Å²) in [5, 5.41) is 0. The first-order valence-corrected chi connectivity index (χ1v) is 5.59. The first-order valence-electron chi connectivity index (χ1n) is 5.59. The summed E-state index contributed by atoms with van der Waals surface area (Å²) in [5.74, 6) is 0.00986. The Hall–Kier alpha value is -0.860. The van der Waals surface area contributed by atoms with Crippen LogP contribution in [0.15, 0.2) is 0 Å². The molecule has 0 spiro atoms. The lowest BCUT2D eigenvalue weighted by molar-refractivity contribution is -0.144. The Kier molecular flexibility index (Phi) is 4.63. The Morgan fingerprint density at radius 2 is 1.86 bits per heavy atom. The zero-order chi connectivity index (χ0) is 10.4. The van der Waals surface area contributed by atoms with Crippen LogP contribution in [0.4, 0.5) is 0 Å². The van der Waals surface area contributed by atoms with Gasteiger partial charge in [-0.25, -0.2) is 0 Å². The summed E-state index contributed by atoms with van der Waals surface area (Å²) in [7, 11) is 0. The highest BCUT2D eigenvalue weighted by Crippen LogP contribution is 2.12. The van der Waals surface area contributed by atoms with Crippen molar-refractivity contribution in [3.8, 4) is 0 Å². The predicted octanol–water partition coefficient (Wildman–Crippen LogP) is 2.11. The van der Waals surface area contributed by atoms with Crippen LogP contribution in [0.1, 0.15) is 51.9 Å². The fourth-order valence-corrected chi connectivity index (χ4v) is 1.79. The topological polar surface area (TPSA) is 37.4 Å². The molecule has 0 unspecified atom stereocenters. The third-order valence-electron chi connectivity index (χ3n) is 2.68. The van der Waals surface area contributed by atoms with Crippen molar-refractivity contribution in [2.24, 2.45) is 0 Å². The summed E-state index contributed by atoms with van der Waals surface area (Å²) in [5.41, 5.74) is 0. The summed E-state index contributed by atoms with van der Waals surface area (Å²) in [6.45, 7) is 2.44. The molecular formula is C11H19NO2. The standard InChI is InChI=1S/C11H19NO2/c1-2-10(13)12-9-7-5-3-4-6-8-11(12)14/h2-9H2,1H3. The third kappa shape index (κ3) is 3.13. The molecule has 1 heterocycles. The second kappa shape index (κ2) is 5.78. The molecule has 1 saturated heterocycles. The second-order valence-corrected chi connectivity index (χ2v) is 3.81. The van der Waals surface area contributed by atoms with Crippen molar-refractivity contribution in [1.82, 2.24) is 4.90 Å². The maximum atomic E-state index is 11.6. The van der Waals surface area contributed by atoms with Gasteiger partial charge in [0.2, 0.25) is 11.8 Å². The molecule has 0 aromatic heterocycles. The van der Waals surface area contributed by atoms with Crippen LogP contribution in [0.5, 0.6) is 0 Å². The summed E-state index contributed by atoms with van der Waals surface area (Å²) in [4.78, 5) is 24.5.